The fourth-order valence-corrected chi connectivity index (χ4v) is 2.35. The number of para-hydroxylation sites is 1. The predicted octanol–water partition coefficient (Wildman–Crippen LogP) is 4.26. The van der Waals surface area contributed by atoms with Gasteiger partial charge in [0.2, 0.25) is 0 Å². The summed E-state index contributed by atoms with van der Waals surface area (Å²) < 4.78 is 15.6. The summed E-state index contributed by atoms with van der Waals surface area (Å²) in [7, 11) is 4.58. The van der Waals surface area contributed by atoms with Crippen LogP contribution in [0.15, 0.2) is 42.5 Å². The van der Waals surface area contributed by atoms with Crippen molar-refractivity contribution in [1.82, 2.24) is 0 Å². The number of carbonyl (C=O) groups is 1. The highest BCUT2D eigenvalue weighted by molar-refractivity contribution is 6.32. The Kier molecular flexibility index (Phi) is 5.66. The predicted molar refractivity (Wildman–Crippen MR) is 90.9 cm³/mol. The SMILES string of the molecule is COc1cc(OC)c(C(=O)/C=C/c2ccccc2OC)cc1Cl. The third-order valence-electron chi connectivity index (χ3n) is 3.29. The maximum absolute atomic E-state index is 12.4. The van der Waals surface area contributed by atoms with Gasteiger partial charge in [0, 0.05) is 11.6 Å². The molecule has 0 aliphatic carbocycles. The Bertz CT molecular complexity index is 738. The standard InChI is InChI=1S/C18H17ClO4/c1-21-16-7-5-4-6-12(16)8-9-15(20)13-10-14(19)18(23-3)11-17(13)22-2/h4-11H,1-3H3/b9-8+. The molecule has 0 fully saturated rings. The third kappa shape index (κ3) is 3.85. The average Bonchev–Trinajstić information content (AvgIpc) is 2.59. The molecule has 0 saturated carbocycles. The minimum absolute atomic E-state index is 0.225. The zero-order valence-electron chi connectivity index (χ0n) is 13.1. The second kappa shape index (κ2) is 7.70. The molecule has 120 valence electrons. The highest BCUT2D eigenvalue weighted by Crippen LogP contribution is 2.33. The Hall–Kier alpha value is -2.46. The van der Waals surface area contributed by atoms with Crippen molar-refractivity contribution in [1.29, 1.82) is 0 Å². The second-order valence-electron chi connectivity index (χ2n) is 4.63. The maximum Gasteiger partial charge on any atom is 0.189 e. The van der Waals surface area contributed by atoms with Crippen LogP contribution in [0.1, 0.15) is 15.9 Å². The number of hydrogen-bond acceptors (Lipinski definition) is 4. The van der Waals surface area contributed by atoms with Gasteiger partial charge in [-0.3, -0.25) is 4.79 Å². The number of benzene rings is 2. The molecular formula is C18H17ClO4. The number of allylic oxidation sites excluding steroid dienone is 1. The Morgan fingerprint density at radius 3 is 2.26 bits per heavy atom. The summed E-state index contributed by atoms with van der Waals surface area (Å²) in [5.41, 5.74) is 1.17. The first kappa shape index (κ1) is 16.9. The lowest BCUT2D eigenvalue weighted by Crippen LogP contribution is -2.00. The van der Waals surface area contributed by atoms with Gasteiger partial charge in [0.15, 0.2) is 5.78 Å². The molecule has 0 N–H and O–H groups in total. The number of ether oxygens (including phenoxy) is 3. The topological polar surface area (TPSA) is 44.8 Å². The van der Waals surface area contributed by atoms with Crippen molar-refractivity contribution in [3.8, 4) is 17.2 Å². The second-order valence-corrected chi connectivity index (χ2v) is 5.03. The van der Waals surface area contributed by atoms with Crippen molar-refractivity contribution in [2.24, 2.45) is 0 Å². The van der Waals surface area contributed by atoms with Gasteiger partial charge in [-0.1, -0.05) is 29.8 Å². The fourth-order valence-electron chi connectivity index (χ4n) is 2.11. The first-order chi connectivity index (χ1) is 11.1. The summed E-state index contributed by atoms with van der Waals surface area (Å²) >= 11 is 6.09. The molecular weight excluding hydrogens is 316 g/mol. The summed E-state index contributed by atoms with van der Waals surface area (Å²) in [5, 5.41) is 0.349. The molecule has 2 rings (SSSR count). The normalized spacial score (nSPS) is 10.6. The molecule has 0 aliphatic heterocycles. The van der Waals surface area contributed by atoms with Crippen molar-refractivity contribution < 1.29 is 19.0 Å². The minimum Gasteiger partial charge on any atom is -0.496 e. The lowest BCUT2D eigenvalue weighted by molar-refractivity contribution is 0.104. The Morgan fingerprint density at radius 2 is 1.61 bits per heavy atom. The Labute approximate surface area is 140 Å². The molecule has 0 saturated heterocycles. The first-order valence-corrected chi connectivity index (χ1v) is 7.25. The quantitative estimate of drug-likeness (QED) is 0.585. The highest BCUT2D eigenvalue weighted by Gasteiger charge is 2.14. The maximum atomic E-state index is 12.4. The van der Waals surface area contributed by atoms with Crippen LogP contribution in [0.25, 0.3) is 6.08 Å². The van der Waals surface area contributed by atoms with E-state index >= 15 is 0 Å². The molecule has 0 heterocycles. The van der Waals surface area contributed by atoms with Crippen molar-refractivity contribution in [3.63, 3.8) is 0 Å². The van der Waals surface area contributed by atoms with Gasteiger partial charge in [-0.2, -0.15) is 0 Å². The molecule has 0 spiro atoms. The van der Waals surface area contributed by atoms with Crippen LogP contribution in [0.3, 0.4) is 0 Å². The smallest absolute Gasteiger partial charge is 0.189 e. The van der Waals surface area contributed by atoms with Gasteiger partial charge in [0.1, 0.15) is 17.2 Å². The van der Waals surface area contributed by atoms with E-state index in [1.54, 1.807) is 19.3 Å². The molecule has 0 aliphatic rings. The number of rotatable bonds is 6. The van der Waals surface area contributed by atoms with E-state index in [9.17, 15) is 4.79 Å². The summed E-state index contributed by atoms with van der Waals surface area (Å²) in [6.45, 7) is 0. The molecule has 0 bridgehead atoms. The van der Waals surface area contributed by atoms with E-state index in [2.05, 4.69) is 0 Å². The zero-order chi connectivity index (χ0) is 16.8. The van der Waals surface area contributed by atoms with Gasteiger partial charge in [-0.25, -0.2) is 0 Å². The molecule has 4 nitrogen and oxygen atoms in total. The largest absolute Gasteiger partial charge is 0.496 e. The molecule has 5 heteroatoms. The molecule has 2 aromatic rings. The fraction of sp³-hybridized carbons (Fsp3) is 0.167. The molecule has 0 aromatic heterocycles. The van der Waals surface area contributed by atoms with Crippen molar-refractivity contribution in [2.75, 3.05) is 21.3 Å². The van der Waals surface area contributed by atoms with Gasteiger partial charge in [0.25, 0.3) is 0 Å². The van der Waals surface area contributed by atoms with E-state index in [-0.39, 0.29) is 5.78 Å². The zero-order valence-corrected chi connectivity index (χ0v) is 13.9. The van der Waals surface area contributed by atoms with Gasteiger partial charge < -0.3 is 14.2 Å². The van der Waals surface area contributed by atoms with Crippen LogP contribution >= 0.6 is 11.6 Å². The van der Waals surface area contributed by atoms with Crippen molar-refractivity contribution in [3.05, 3.63) is 58.6 Å². The van der Waals surface area contributed by atoms with Gasteiger partial charge in [0.05, 0.1) is 31.9 Å². The van der Waals surface area contributed by atoms with E-state index in [1.807, 2.05) is 24.3 Å². The third-order valence-corrected chi connectivity index (χ3v) is 3.59. The van der Waals surface area contributed by atoms with Crippen LogP contribution < -0.4 is 14.2 Å². The highest BCUT2D eigenvalue weighted by atomic mass is 35.5. The number of methoxy groups -OCH3 is 3. The van der Waals surface area contributed by atoms with Crippen LogP contribution in [-0.4, -0.2) is 27.1 Å². The summed E-state index contributed by atoms with van der Waals surface area (Å²) in [6.07, 6.45) is 3.15. The van der Waals surface area contributed by atoms with E-state index in [0.717, 1.165) is 5.56 Å². The molecule has 2 aromatic carbocycles. The summed E-state index contributed by atoms with van der Waals surface area (Å²) in [5.74, 6) is 1.32. The molecule has 0 amide bonds. The number of halogens is 1. The van der Waals surface area contributed by atoms with E-state index in [1.165, 1.54) is 26.4 Å². The Morgan fingerprint density at radius 1 is 0.957 bits per heavy atom. The van der Waals surface area contributed by atoms with E-state index in [4.69, 9.17) is 25.8 Å². The van der Waals surface area contributed by atoms with Crippen molar-refractivity contribution >= 4 is 23.5 Å². The van der Waals surface area contributed by atoms with E-state index in [0.29, 0.717) is 27.8 Å². The van der Waals surface area contributed by atoms with Crippen LogP contribution in [0, 0.1) is 0 Å². The molecule has 23 heavy (non-hydrogen) atoms. The lowest BCUT2D eigenvalue weighted by atomic mass is 10.1. The molecule has 0 radical (unpaired) electrons. The first-order valence-electron chi connectivity index (χ1n) is 6.87. The number of carbonyl (C=O) groups excluding carboxylic acids is 1. The summed E-state index contributed by atoms with van der Waals surface area (Å²) in [6, 6.07) is 10.6. The van der Waals surface area contributed by atoms with Gasteiger partial charge in [-0.05, 0) is 24.3 Å². The monoisotopic (exact) mass is 332 g/mol. The molecule has 0 unspecified atom stereocenters. The van der Waals surface area contributed by atoms with Crippen LogP contribution in [-0.2, 0) is 0 Å². The minimum atomic E-state index is -0.225. The molecule has 0 atom stereocenters. The lowest BCUT2D eigenvalue weighted by Gasteiger charge is -2.10. The van der Waals surface area contributed by atoms with Gasteiger partial charge >= 0.3 is 0 Å². The average molecular weight is 333 g/mol. The number of ketones is 1. The van der Waals surface area contributed by atoms with Crippen LogP contribution in [0.2, 0.25) is 5.02 Å². The Balaban J connectivity index is 2.34. The van der Waals surface area contributed by atoms with E-state index < -0.39 is 0 Å². The number of hydrogen-bond donors (Lipinski definition) is 0. The van der Waals surface area contributed by atoms with Gasteiger partial charge in [-0.15, -0.1) is 0 Å². The van der Waals surface area contributed by atoms with Crippen LogP contribution in [0.4, 0.5) is 0 Å². The summed E-state index contributed by atoms with van der Waals surface area (Å²) in [4.78, 5) is 12.4. The van der Waals surface area contributed by atoms with Crippen LogP contribution in [0.5, 0.6) is 17.2 Å². The van der Waals surface area contributed by atoms with Crippen molar-refractivity contribution in [2.45, 2.75) is 0 Å².